The van der Waals surface area contributed by atoms with Gasteiger partial charge in [0.1, 0.15) is 0 Å². The molecule has 38 valence electrons. The van der Waals surface area contributed by atoms with Crippen LogP contribution in [0, 0.1) is 5.21 Å². The van der Waals surface area contributed by atoms with Gasteiger partial charge in [-0.05, 0) is 0 Å². The molecule has 0 rings (SSSR count). The Morgan fingerprint density at radius 2 is 0.800 bits per heavy atom. The van der Waals surface area contributed by atoms with Gasteiger partial charge in [0.2, 0.25) is 0 Å². The van der Waals surface area contributed by atoms with E-state index < -0.39 is 0 Å². The van der Waals surface area contributed by atoms with Crippen molar-refractivity contribution in [3.63, 3.8) is 0 Å². The first-order valence-corrected chi connectivity index (χ1v) is 0.289. The zero-order valence-corrected chi connectivity index (χ0v) is 2.34. The standard InChI is InChI=1S/3FH.H3NO/c;;;1-2/h3*1H;1H3. The number of hydrogen-bond donors (Lipinski definition) is 1. The molecule has 0 saturated carbocycles. The molecule has 0 radical (unpaired) electrons. The van der Waals surface area contributed by atoms with Gasteiger partial charge >= 0.3 is 0 Å². The summed E-state index contributed by atoms with van der Waals surface area (Å²) in [5.74, 6) is 2.00. The zero-order chi connectivity index (χ0) is 2.00. The van der Waals surface area contributed by atoms with Gasteiger partial charge in [0.25, 0.3) is 0 Å². The van der Waals surface area contributed by atoms with Crippen LogP contribution < -0.4 is 5.90 Å². The number of halogens is 3. The van der Waals surface area contributed by atoms with E-state index in [9.17, 15) is 0 Å². The minimum absolute atomic E-state index is 0. The highest BCUT2D eigenvalue weighted by Gasteiger charge is 0.490. The Balaban J connectivity index is -0.00000000167. The first-order chi connectivity index (χ1) is 1.00. The van der Waals surface area contributed by atoms with Crippen molar-refractivity contribution in [2.24, 2.45) is 0 Å². The second-order valence-electron chi connectivity index (χ2n) is 0. The fourth-order valence-electron chi connectivity index (χ4n) is 0. The van der Waals surface area contributed by atoms with Crippen LogP contribution in [0.25, 0.3) is 0 Å². The Kier molecular flexibility index (Phi) is 8330. The molecular formula is H6F3NO. The van der Waals surface area contributed by atoms with Crippen LogP contribution in [0.1, 0.15) is 0 Å². The summed E-state index contributed by atoms with van der Waals surface area (Å²) in [7, 11) is 0. The average Bonchev–Trinajstić information content (AvgIpc) is 1.00. The third kappa shape index (κ3) is 129. The van der Waals surface area contributed by atoms with Gasteiger partial charge in [0.05, 0.1) is 0 Å². The molecule has 0 fully saturated rings. The average molecular weight is 93.0 g/mol. The van der Waals surface area contributed by atoms with Crippen molar-refractivity contribution in [2.75, 3.05) is 0 Å². The van der Waals surface area contributed by atoms with Crippen molar-refractivity contribution in [3.05, 3.63) is 5.21 Å². The predicted molar refractivity (Wildman–Crippen MR) is 13.8 cm³/mol. The molecule has 0 aliphatic heterocycles. The van der Waals surface area contributed by atoms with Gasteiger partial charge in [-0.3, -0.25) is 14.1 Å². The van der Waals surface area contributed by atoms with Crippen molar-refractivity contribution in [3.8, 4) is 0 Å². The van der Waals surface area contributed by atoms with E-state index in [1.165, 1.54) is 0 Å². The Labute approximate surface area is 26.6 Å². The molecule has 0 aliphatic carbocycles. The summed E-state index contributed by atoms with van der Waals surface area (Å²) >= 11 is 0. The third-order valence-corrected chi connectivity index (χ3v) is 0. The molecule has 0 aromatic heterocycles. The van der Waals surface area contributed by atoms with Crippen molar-refractivity contribution < 1.29 is 20.0 Å². The Hall–Kier alpha value is -0.290. The minimum Gasteiger partial charge on any atom is -0.637 e. The van der Waals surface area contributed by atoms with Crippen LogP contribution >= 0.6 is 0 Å². The van der Waals surface area contributed by atoms with E-state index >= 15 is 0 Å². The molecule has 0 atom stereocenters. The van der Waals surface area contributed by atoms with Crippen LogP contribution in [-0.4, -0.2) is 0 Å². The van der Waals surface area contributed by atoms with Gasteiger partial charge in [-0.15, -0.1) is 0 Å². The Morgan fingerprint density at radius 3 is 0.800 bits per heavy atom. The zero-order valence-electron chi connectivity index (χ0n) is 2.34. The predicted octanol–water partition coefficient (Wildman–Crippen LogP) is -0.816. The van der Waals surface area contributed by atoms with E-state index in [1.807, 2.05) is 5.90 Å². The fourth-order valence-corrected chi connectivity index (χ4v) is 0. The highest BCUT2D eigenvalue weighted by atomic mass is 19.0. The van der Waals surface area contributed by atoms with Crippen molar-refractivity contribution in [1.82, 2.24) is 0 Å². The van der Waals surface area contributed by atoms with E-state index in [-0.39, 0.29) is 14.1 Å². The molecule has 3 N–H and O–H groups in total. The number of hydrogen-bond acceptors (Lipinski definition) is 1. The summed E-state index contributed by atoms with van der Waals surface area (Å²) in [5, 5.41) is 8.00. The molecule has 0 bridgehead atoms. The van der Waals surface area contributed by atoms with Gasteiger partial charge in [0.15, 0.2) is 0 Å². The summed E-state index contributed by atoms with van der Waals surface area (Å²) in [6, 6.07) is 0. The molecule has 2 nitrogen and oxygen atoms in total. The lowest BCUT2D eigenvalue weighted by Crippen LogP contribution is -2.37. The molecule has 0 heterocycles. The highest BCUT2D eigenvalue weighted by Crippen LogP contribution is 0.450. The summed E-state index contributed by atoms with van der Waals surface area (Å²) in [6.45, 7) is 0. The maximum absolute atomic E-state index is 8.00. The second kappa shape index (κ2) is 324. The molecule has 0 aromatic rings. The summed E-state index contributed by atoms with van der Waals surface area (Å²) in [5.41, 5.74) is 0. The van der Waals surface area contributed by atoms with Crippen LogP contribution in [0.15, 0.2) is 0 Å². The Morgan fingerprint density at radius 1 is 0.800 bits per heavy atom. The van der Waals surface area contributed by atoms with Crippen molar-refractivity contribution in [2.45, 2.75) is 0 Å². The van der Waals surface area contributed by atoms with Gasteiger partial charge in [0, 0.05) is 0 Å². The summed E-state index contributed by atoms with van der Waals surface area (Å²) in [4.78, 5) is 0. The summed E-state index contributed by atoms with van der Waals surface area (Å²) < 4.78 is 0. The van der Waals surface area contributed by atoms with Crippen LogP contribution in [0.3, 0.4) is 0 Å². The lowest BCUT2D eigenvalue weighted by atomic mass is 13.6. The third-order valence-electron chi connectivity index (χ3n) is 0. The van der Waals surface area contributed by atoms with Crippen LogP contribution in [0.5, 0.6) is 0 Å². The van der Waals surface area contributed by atoms with E-state index in [4.69, 9.17) is 5.21 Å². The number of quaternary nitrogens is 1. The van der Waals surface area contributed by atoms with Crippen molar-refractivity contribution >= 4 is 0 Å². The quantitative estimate of drug-likeness (QED) is 0.391. The smallest absolute Gasteiger partial charge is 0.269 e. The fraction of sp³-hybridized carbons (Fsp3) is 0. The number of rotatable bonds is 0. The van der Waals surface area contributed by atoms with Gasteiger partial charge in [-0.25, -0.2) is 0 Å². The molecule has 0 amide bonds. The normalized spacial score (nSPS) is 1.20. The molecule has 0 saturated heterocycles. The molecule has 0 aliphatic rings. The molecular weight excluding hydrogens is 87.0 g/mol. The molecule has 0 unspecified atom stereocenters. The van der Waals surface area contributed by atoms with Crippen LogP contribution in [0.4, 0.5) is 14.1 Å². The van der Waals surface area contributed by atoms with Gasteiger partial charge < -0.3 is 11.1 Å². The summed E-state index contributed by atoms with van der Waals surface area (Å²) in [6.07, 6.45) is 0. The highest BCUT2D eigenvalue weighted by molar-refractivity contribution is 3.64. The largest absolute Gasteiger partial charge is 0.637 e. The van der Waals surface area contributed by atoms with Gasteiger partial charge in [-0.2, -0.15) is 0 Å². The van der Waals surface area contributed by atoms with E-state index in [0.717, 1.165) is 0 Å². The molecule has 0 aromatic carbocycles. The van der Waals surface area contributed by atoms with E-state index in [2.05, 4.69) is 0 Å². The first-order valence-electron chi connectivity index (χ1n) is 0.289. The van der Waals surface area contributed by atoms with Gasteiger partial charge in [-0.1, -0.05) is 0 Å². The molecule has 5 heavy (non-hydrogen) atoms. The molecule has 5 heteroatoms. The topological polar surface area (TPSA) is 50.7 Å². The SMILES string of the molecule is F.F.F.[NH3+][O-]. The second-order valence-corrected chi connectivity index (χ2v) is 0. The lowest BCUT2D eigenvalue weighted by molar-refractivity contribution is -0.275. The van der Waals surface area contributed by atoms with Crippen molar-refractivity contribution in [1.29, 1.82) is 0 Å². The van der Waals surface area contributed by atoms with Crippen LogP contribution in [-0.2, 0) is 0 Å². The van der Waals surface area contributed by atoms with E-state index in [1.54, 1.807) is 0 Å². The van der Waals surface area contributed by atoms with Crippen LogP contribution in [0.2, 0.25) is 0 Å². The minimum atomic E-state index is 0. The maximum atomic E-state index is 8.00. The first kappa shape index (κ1) is 129. The molecule has 0 spiro atoms. The monoisotopic (exact) mass is 93.0 g/mol. The van der Waals surface area contributed by atoms with E-state index in [0.29, 0.717) is 0 Å². The Bertz CT molecular complexity index is 6.85. The maximum Gasteiger partial charge on any atom is -0.269 e. The lowest BCUT2D eigenvalue weighted by Gasteiger charge is -1.52.